The maximum atomic E-state index is 13.4. The van der Waals surface area contributed by atoms with Gasteiger partial charge in [0.05, 0.1) is 28.4 Å². The Balaban J connectivity index is 1.86. The Morgan fingerprint density at radius 2 is 1.51 bits per heavy atom. The van der Waals surface area contributed by atoms with Crippen LogP contribution in [-0.2, 0) is 0 Å². The molecule has 0 aromatic heterocycles. The highest BCUT2D eigenvalue weighted by molar-refractivity contribution is 6.04. The molecular formula is C27H26FNO6. The van der Waals surface area contributed by atoms with Crippen LogP contribution in [0, 0.1) is 5.82 Å². The van der Waals surface area contributed by atoms with E-state index < -0.39 is 5.82 Å². The second kappa shape index (κ2) is 11.7. The number of ketones is 1. The van der Waals surface area contributed by atoms with Crippen LogP contribution in [-0.4, -0.2) is 45.5 Å². The van der Waals surface area contributed by atoms with Gasteiger partial charge in [-0.1, -0.05) is 24.3 Å². The summed E-state index contributed by atoms with van der Waals surface area (Å²) in [4.78, 5) is 16.6. The number of nitrogens with zero attached hydrogens (tertiary/aromatic N) is 1. The molecule has 8 heteroatoms. The van der Waals surface area contributed by atoms with Gasteiger partial charge in [-0.3, -0.25) is 9.79 Å². The molecule has 0 radical (unpaired) electrons. The van der Waals surface area contributed by atoms with E-state index in [1.807, 2.05) is 6.08 Å². The molecule has 0 heterocycles. The van der Waals surface area contributed by atoms with Crippen molar-refractivity contribution >= 4 is 29.8 Å². The van der Waals surface area contributed by atoms with E-state index in [0.717, 1.165) is 5.56 Å². The normalized spacial score (nSPS) is 11.1. The van der Waals surface area contributed by atoms with Crippen molar-refractivity contribution in [1.82, 2.24) is 0 Å². The predicted molar refractivity (Wildman–Crippen MR) is 133 cm³/mol. The minimum absolute atomic E-state index is 0.0428. The van der Waals surface area contributed by atoms with Crippen molar-refractivity contribution in [2.45, 2.75) is 6.42 Å². The van der Waals surface area contributed by atoms with E-state index in [1.165, 1.54) is 58.9 Å². The Bertz CT molecular complexity index is 1240. The first-order chi connectivity index (χ1) is 16.9. The van der Waals surface area contributed by atoms with Crippen molar-refractivity contribution in [3.05, 3.63) is 71.0 Å². The van der Waals surface area contributed by atoms with Crippen LogP contribution in [0.2, 0.25) is 0 Å². The van der Waals surface area contributed by atoms with Crippen LogP contribution in [0.4, 0.5) is 10.1 Å². The lowest BCUT2D eigenvalue weighted by Crippen LogP contribution is -1.99. The fraction of sp³-hybridized carbons (Fsp3) is 0.185. The summed E-state index contributed by atoms with van der Waals surface area (Å²) >= 11 is 0. The molecule has 0 saturated heterocycles. The molecule has 1 N–H and O–H groups in total. The van der Waals surface area contributed by atoms with Crippen LogP contribution in [0.3, 0.4) is 0 Å². The first kappa shape index (κ1) is 25.3. The van der Waals surface area contributed by atoms with Crippen molar-refractivity contribution in [2.24, 2.45) is 4.99 Å². The molecule has 7 nitrogen and oxygen atoms in total. The van der Waals surface area contributed by atoms with Gasteiger partial charge < -0.3 is 24.1 Å². The third-order valence-corrected chi connectivity index (χ3v) is 5.09. The number of ether oxygens (including phenoxy) is 4. The third-order valence-electron chi connectivity index (χ3n) is 5.09. The molecule has 3 rings (SSSR count). The summed E-state index contributed by atoms with van der Waals surface area (Å²) < 4.78 is 34.7. The second-order valence-corrected chi connectivity index (χ2v) is 7.33. The second-order valence-electron chi connectivity index (χ2n) is 7.33. The molecule has 0 saturated carbocycles. The molecule has 0 spiro atoms. The highest BCUT2D eigenvalue weighted by Crippen LogP contribution is 2.40. The van der Waals surface area contributed by atoms with Gasteiger partial charge in [-0.15, -0.1) is 0 Å². The molecule has 0 bridgehead atoms. The largest absolute Gasteiger partial charge is 0.504 e. The van der Waals surface area contributed by atoms with E-state index in [0.29, 0.717) is 28.5 Å². The van der Waals surface area contributed by atoms with E-state index in [2.05, 4.69) is 4.99 Å². The van der Waals surface area contributed by atoms with Crippen LogP contribution >= 0.6 is 0 Å². The number of halogens is 1. The number of aliphatic imine (C=N–C) groups is 1. The van der Waals surface area contributed by atoms with Gasteiger partial charge in [-0.2, -0.15) is 0 Å². The number of phenolic OH excluding ortho intramolecular Hbond substituents is 1. The summed E-state index contributed by atoms with van der Waals surface area (Å²) in [5, 5.41) is 10.4. The molecule has 0 amide bonds. The van der Waals surface area contributed by atoms with E-state index in [9.17, 15) is 14.3 Å². The van der Waals surface area contributed by atoms with Crippen molar-refractivity contribution in [3.8, 4) is 28.7 Å². The van der Waals surface area contributed by atoms with Gasteiger partial charge >= 0.3 is 0 Å². The lowest BCUT2D eigenvalue weighted by molar-refractivity contribution is 0.100. The topological polar surface area (TPSA) is 86.6 Å². The molecule has 0 aliphatic carbocycles. The summed E-state index contributed by atoms with van der Waals surface area (Å²) in [5.41, 5.74) is 2.01. The predicted octanol–water partition coefficient (Wildman–Crippen LogP) is 5.71. The third kappa shape index (κ3) is 6.17. The lowest BCUT2D eigenvalue weighted by Gasteiger charge is -2.13. The van der Waals surface area contributed by atoms with Gasteiger partial charge in [0.25, 0.3) is 0 Å². The van der Waals surface area contributed by atoms with Gasteiger partial charge in [0.1, 0.15) is 11.5 Å². The minimum Gasteiger partial charge on any atom is -0.504 e. The number of aromatic hydroxyl groups is 1. The summed E-state index contributed by atoms with van der Waals surface area (Å²) in [6.07, 6.45) is 4.94. The molecule has 0 unspecified atom stereocenters. The molecule has 0 fully saturated rings. The van der Waals surface area contributed by atoms with Crippen molar-refractivity contribution in [3.63, 3.8) is 0 Å². The van der Waals surface area contributed by atoms with Gasteiger partial charge in [0.2, 0.25) is 5.75 Å². The molecule has 35 heavy (non-hydrogen) atoms. The SMILES string of the molecule is COc1cc(/C=C\c2cc(O)c(OC)c(N=CCC(=O)c3cccc(F)c3)c2)cc(OC)c1OC. The molecule has 0 aliphatic heterocycles. The van der Waals surface area contributed by atoms with Crippen molar-refractivity contribution in [2.75, 3.05) is 28.4 Å². The monoisotopic (exact) mass is 479 g/mol. The first-order valence-electron chi connectivity index (χ1n) is 10.6. The number of phenols is 1. The Hall–Kier alpha value is -4.33. The summed E-state index contributed by atoms with van der Waals surface area (Å²) in [7, 11) is 6.02. The number of Topliss-reactive ketones (excluding diaryl/α,β-unsaturated/α-hetero) is 1. The smallest absolute Gasteiger partial charge is 0.203 e. The zero-order chi connectivity index (χ0) is 25.4. The zero-order valence-electron chi connectivity index (χ0n) is 19.9. The molecule has 0 atom stereocenters. The average molecular weight is 480 g/mol. The standard InChI is InChI=1S/C27H26FNO6/c1-32-24-14-18(15-25(33-2)27(24)35-4)9-8-17-12-21(26(34-3)23(31)13-17)29-11-10-22(30)19-6-5-7-20(28)16-19/h5-9,11-16,31H,10H2,1-4H3/b9-8-,29-11?. The van der Waals surface area contributed by atoms with Crippen molar-refractivity contribution < 1.29 is 33.2 Å². The Morgan fingerprint density at radius 1 is 0.886 bits per heavy atom. The van der Waals surface area contributed by atoms with Crippen LogP contribution in [0.15, 0.2) is 53.5 Å². The highest BCUT2D eigenvalue weighted by Gasteiger charge is 2.13. The molecule has 3 aromatic carbocycles. The Labute approximate surface area is 203 Å². The number of methoxy groups -OCH3 is 4. The van der Waals surface area contributed by atoms with Crippen LogP contribution in [0.25, 0.3) is 12.2 Å². The summed E-state index contributed by atoms with van der Waals surface area (Å²) in [6.45, 7) is 0. The molecule has 0 aliphatic rings. The quantitative estimate of drug-likeness (QED) is 0.228. The fourth-order valence-electron chi connectivity index (χ4n) is 3.42. The zero-order valence-corrected chi connectivity index (χ0v) is 19.9. The molecule has 3 aromatic rings. The summed E-state index contributed by atoms with van der Waals surface area (Å²) in [6, 6.07) is 12.3. The van der Waals surface area contributed by atoms with Gasteiger partial charge in [0, 0.05) is 18.2 Å². The van der Waals surface area contributed by atoms with E-state index in [4.69, 9.17) is 18.9 Å². The molecular weight excluding hydrogens is 453 g/mol. The number of rotatable bonds is 10. The lowest BCUT2D eigenvalue weighted by atomic mass is 10.1. The van der Waals surface area contributed by atoms with Gasteiger partial charge in [-0.05, 0) is 47.5 Å². The highest BCUT2D eigenvalue weighted by atomic mass is 19.1. The van der Waals surface area contributed by atoms with Crippen molar-refractivity contribution in [1.29, 1.82) is 0 Å². The average Bonchev–Trinajstić information content (AvgIpc) is 2.86. The van der Waals surface area contributed by atoms with E-state index in [-0.39, 0.29) is 29.3 Å². The van der Waals surface area contributed by atoms with Crippen LogP contribution in [0.1, 0.15) is 27.9 Å². The maximum Gasteiger partial charge on any atom is 0.203 e. The number of carbonyl (C=O) groups excluding carboxylic acids is 1. The summed E-state index contributed by atoms with van der Waals surface area (Å²) in [5.74, 6) is 0.807. The van der Waals surface area contributed by atoms with Gasteiger partial charge in [0.15, 0.2) is 28.8 Å². The van der Waals surface area contributed by atoms with E-state index >= 15 is 0 Å². The number of carbonyl (C=O) groups is 1. The fourth-order valence-corrected chi connectivity index (χ4v) is 3.42. The number of hydrogen-bond acceptors (Lipinski definition) is 7. The minimum atomic E-state index is -0.481. The molecule has 182 valence electrons. The van der Waals surface area contributed by atoms with Gasteiger partial charge in [-0.25, -0.2) is 4.39 Å². The maximum absolute atomic E-state index is 13.4. The van der Waals surface area contributed by atoms with Crippen LogP contribution in [0.5, 0.6) is 28.7 Å². The number of benzene rings is 3. The first-order valence-corrected chi connectivity index (χ1v) is 10.6. The Morgan fingerprint density at radius 3 is 2.09 bits per heavy atom. The number of hydrogen-bond donors (Lipinski definition) is 1. The van der Waals surface area contributed by atoms with E-state index in [1.54, 1.807) is 30.3 Å². The van der Waals surface area contributed by atoms with Crippen LogP contribution < -0.4 is 18.9 Å². The Kier molecular flexibility index (Phi) is 8.45.